The Labute approximate surface area is 168 Å². The Balaban J connectivity index is 1.42. The SMILES string of the molecule is Cc1ccc([C@@]2(CCNCc3ccc4c(c3)OCO4)CCOC(C)(C)C2)cc1. The zero-order chi connectivity index (χ0) is 19.6. The van der Waals surface area contributed by atoms with Crippen LogP contribution in [0.2, 0.25) is 0 Å². The van der Waals surface area contributed by atoms with E-state index in [0.717, 1.165) is 50.5 Å². The normalized spacial score (nSPS) is 23.0. The first-order chi connectivity index (χ1) is 13.5. The fraction of sp³-hybridized carbons (Fsp3) is 0.500. The molecule has 1 N–H and O–H groups in total. The summed E-state index contributed by atoms with van der Waals surface area (Å²) in [5, 5.41) is 3.64. The first-order valence-corrected chi connectivity index (χ1v) is 10.3. The lowest BCUT2D eigenvalue weighted by Crippen LogP contribution is -2.45. The number of hydrogen-bond acceptors (Lipinski definition) is 4. The molecule has 2 aromatic rings. The van der Waals surface area contributed by atoms with Gasteiger partial charge in [0.15, 0.2) is 11.5 Å². The Morgan fingerprint density at radius 1 is 1.00 bits per heavy atom. The van der Waals surface area contributed by atoms with E-state index in [4.69, 9.17) is 14.2 Å². The monoisotopic (exact) mass is 381 g/mol. The Morgan fingerprint density at radius 2 is 1.79 bits per heavy atom. The molecular formula is C24H31NO3. The maximum atomic E-state index is 6.04. The molecule has 2 aliphatic heterocycles. The lowest BCUT2D eigenvalue weighted by molar-refractivity contribution is -0.0840. The van der Waals surface area contributed by atoms with E-state index in [2.05, 4.69) is 62.5 Å². The first-order valence-electron chi connectivity index (χ1n) is 10.3. The molecular weight excluding hydrogens is 350 g/mol. The summed E-state index contributed by atoms with van der Waals surface area (Å²) in [6, 6.07) is 15.3. The van der Waals surface area contributed by atoms with Gasteiger partial charge in [0.25, 0.3) is 0 Å². The van der Waals surface area contributed by atoms with Crippen LogP contribution in [-0.2, 0) is 16.7 Å². The zero-order valence-corrected chi connectivity index (χ0v) is 17.2. The average molecular weight is 382 g/mol. The van der Waals surface area contributed by atoms with Gasteiger partial charge in [-0.05, 0) is 69.8 Å². The number of aryl methyl sites for hydroxylation is 1. The van der Waals surface area contributed by atoms with Gasteiger partial charge in [0.05, 0.1) is 5.60 Å². The van der Waals surface area contributed by atoms with Gasteiger partial charge < -0.3 is 19.5 Å². The third kappa shape index (κ3) is 4.18. The van der Waals surface area contributed by atoms with E-state index in [1.165, 1.54) is 16.7 Å². The number of ether oxygens (including phenoxy) is 3. The molecule has 4 rings (SSSR count). The minimum absolute atomic E-state index is 0.0829. The van der Waals surface area contributed by atoms with Crippen molar-refractivity contribution in [3.63, 3.8) is 0 Å². The standard InChI is InChI=1S/C24H31NO3/c1-18-4-7-20(8-5-18)24(11-13-28-23(2,3)16-24)10-12-25-15-19-6-9-21-22(14-19)27-17-26-21/h4-9,14,25H,10-13,15-17H2,1-3H3/t24-/m0/s1. The molecule has 0 bridgehead atoms. The number of fused-ring (bicyclic) bond motifs is 1. The van der Waals surface area contributed by atoms with Gasteiger partial charge in [-0.2, -0.15) is 0 Å². The summed E-state index contributed by atoms with van der Waals surface area (Å²) in [6.07, 6.45) is 3.23. The number of hydrogen-bond donors (Lipinski definition) is 1. The van der Waals surface area contributed by atoms with Crippen LogP contribution in [0.15, 0.2) is 42.5 Å². The predicted octanol–water partition coefficient (Wildman–Crippen LogP) is 4.73. The van der Waals surface area contributed by atoms with Crippen LogP contribution >= 0.6 is 0 Å². The fourth-order valence-corrected chi connectivity index (χ4v) is 4.60. The molecule has 1 saturated heterocycles. The van der Waals surface area contributed by atoms with Gasteiger partial charge in [0.1, 0.15) is 0 Å². The zero-order valence-electron chi connectivity index (χ0n) is 17.2. The molecule has 150 valence electrons. The number of rotatable bonds is 6. The molecule has 4 heteroatoms. The van der Waals surface area contributed by atoms with Crippen LogP contribution in [0.1, 0.15) is 49.8 Å². The summed E-state index contributed by atoms with van der Waals surface area (Å²) in [6.45, 7) is 9.53. The minimum atomic E-state index is -0.0829. The lowest BCUT2D eigenvalue weighted by atomic mass is 9.67. The first kappa shape index (κ1) is 19.3. The molecule has 0 aliphatic carbocycles. The summed E-state index contributed by atoms with van der Waals surface area (Å²) in [7, 11) is 0. The van der Waals surface area contributed by atoms with Crippen LogP contribution in [0, 0.1) is 6.92 Å². The molecule has 0 aromatic heterocycles. The number of nitrogens with one attached hydrogen (secondary N) is 1. The van der Waals surface area contributed by atoms with Gasteiger partial charge in [0, 0.05) is 18.6 Å². The van der Waals surface area contributed by atoms with Gasteiger partial charge in [-0.1, -0.05) is 35.9 Å². The van der Waals surface area contributed by atoms with Crippen molar-refractivity contribution in [2.24, 2.45) is 0 Å². The maximum Gasteiger partial charge on any atom is 0.231 e. The van der Waals surface area contributed by atoms with Crippen molar-refractivity contribution in [1.82, 2.24) is 5.32 Å². The molecule has 2 heterocycles. The molecule has 2 aromatic carbocycles. The number of benzene rings is 2. The van der Waals surface area contributed by atoms with Crippen molar-refractivity contribution in [3.05, 3.63) is 59.2 Å². The van der Waals surface area contributed by atoms with E-state index in [1.54, 1.807) is 0 Å². The van der Waals surface area contributed by atoms with Crippen molar-refractivity contribution in [2.45, 2.75) is 57.6 Å². The van der Waals surface area contributed by atoms with Gasteiger partial charge in [-0.25, -0.2) is 0 Å². The predicted molar refractivity (Wildman–Crippen MR) is 111 cm³/mol. The van der Waals surface area contributed by atoms with E-state index >= 15 is 0 Å². The van der Waals surface area contributed by atoms with Crippen molar-refractivity contribution < 1.29 is 14.2 Å². The average Bonchev–Trinajstić information content (AvgIpc) is 3.13. The van der Waals surface area contributed by atoms with Crippen molar-refractivity contribution in [3.8, 4) is 11.5 Å². The molecule has 2 aliphatic rings. The minimum Gasteiger partial charge on any atom is -0.454 e. The molecule has 1 fully saturated rings. The summed E-state index contributed by atoms with van der Waals surface area (Å²) >= 11 is 0. The molecule has 1 atom stereocenters. The van der Waals surface area contributed by atoms with Crippen LogP contribution in [0.3, 0.4) is 0 Å². The van der Waals surface area contributed by atoms with Crippen molar-refractivity contribution in [1.29, 1.82) is 0 Å². The van der Waals surface area contributed by atoms with Crippen molar-refractivity contribution in [2.75, 3.05) is 19.9 Å². The second-order valence-corrected chi connectivity index (χ2v) is 8.80. The molecule has 0 spiro atoms. The van der Waals surface area contributed by atoms with E-state index in [1.807, 2.05) is 6.07 Å². The maximum absolute atomic E-state index is 6.04. The van der Waals surface area contributed by atoms with E-state index < -0.39 is 0 Å². The van der Waals surface area contributed by atoms with Crippen LogP contribution in [0.25, 0.3) is 0 Å². The fourth-order valence-electron chi connectivity index (χ4n) is 4.60. The Hall–Kier alpha value is -2.04. The van der Waals surface area contributed by atoms with E-state index in [9.17, 15) is 0 Å². The quantitative estimate of drug-likeness (QED) is 0.734. The van der Waals surface area contributed by atoms with Crippen LogP contribution in [-0.4, -0.2) is 25.5 Å². The summed E-state index contributed by atoms with van der Waals surface area (Å²) in [4.78, 5) is 0. The van der Waals surface area contributed by atoms with Crippen molar-refractivity contribution >= 4 is 0 Å². The van der Waals surface area contributed by atoms with Crippen LogP contribution < -0.4 is 14.8 Å². The molecule has 0 unspecified atom stereocenters. The Bertz CT molecular complexity index is 815. The second kappa shape index (κ2) is 7.76. The molecule has 0 amide bonds. The second-order valence-electron chi connectivity index (χ2n) is 8.80. The summed E-state index contributed by atoms with van der Waals surface area (Å²) in [5.41, 5.74) is 4.06. The highest BCUT2D eigenvalue weighted by Gasteiger charge is 2.41. The van der Waals surface area contributed by atoms with Gasteiger partial charge in [0.2, 0.25) is 6.79 Å². The summed E-state index contributed by atoms with van der Waals surface area (Å²) < 4.78 is 16.9. The van der Waals surface area contributed by atoms with Gasteiger partial charge >= 0.3 is 0 Å². The largest absolute Gasteiger partial charge is 0.454 e. The Kier molecular flexibility index (Phi) is 5.35. The third-order valence-electron chi connectivity index (χ3n) is 6.05. The molecule has 4 nitrogen and oxygen atoms in total. The van der Waals surface area contributed by atoms with Gasteiger partial charge in [-0.15, -0.1) is 0 Å². The van der Waals surface area contributed by atoms with E-state index in [-0.39, 0.29) is 11.0 Å². The summed E-state index contributed by atoms with van der Waals surface area (Å²) in [5.74, 6) is 1.69. The highest BCUT2D eigenvalue weighted by molar-refractivity contribution is 5.44. The topological polar surface area (TPSA) is 39.7 Å². The van der Waals surface area contributed by atoms with Crippen LogP contribution in [0.4, 0.5) is 0 Å². The molecule has 28 heavy (non-hydrogen) atoms. The molecule has 0 saturated carbocycles. The Morgan fingerprint density at radius 3 is 2.57 bits per heavy atom. The third-order valence-corrected chi connectivity index (χ3v) is 6.05. The van der Waals surface area contributed by atoms with Gasteiger partial charge in [-0.3, -0.25) is 0 Å². The highest BCUT2D eigenvalue weighted by Crippen LogP contribution is 2.44. The van der Waals surface area contributed by atoms with E-state index in [0.29, 0.717) is 6.79 Å². The highest BCUT2D eigenvalue weighted by atomic mass is 16.7. The lowest BCUT2D eigenvalue weighted by Gasteiger charge is -2.45. The molecule has 0 radical (unpaired) electrons. The smallest absolute Gasteiger partial charge is 0.231 e. The van der Waals surface area contributed by atoms with Crippen LogP contribution in [0.5, 0.6) is 11.5 Å².